The van der Waals surface area contributed by atoms with E-state index >= 15 is 0 Å². The van der Waals surface area contributed by atoms with Crippen LogP contribution in [-0.4, -0.2) is 30.8 Å². The Balaban J connectivity index is 1.57. The lowest BCUT2D eigenvalue weighted by atomic mass is 9.92. The smallest absolute Gasteiger partial charge is 0.272 e. The molecule has 32 heavy (non-hydrogen) atoms. The van der Waals surface area contributed by atoms with Gasteiger partial charge in [0.2, 0.25) is 0 Å². The van der Waals surface area contributed by atoms with Gasteiger partial charge in [0, 0.05) is 28.6 Å². The van der Waals surface area contributed by atoms with Crippen molar-refractivity contribution in [2.75, 3.05) is 25.2 Å². The zero-order valence-corrected chi connectivity index (χ0v) is 18.4. The molecule has 1 saturated heterocycles. The van der Waals surface area contributed by atoms with Crippen molar-refractivity contribution in [1.82, 2.24) is 10.3 Å². The molecule has 1 fully saturated rings. The first-order valence-corrected chi connectivity index (χ1v) is 10.9. The lowest BCUT2D eigenvalue weighted by molar-refractivity contribution is 0.391. The summed E-state index contributed by atoms with van der Waals surface area (Å²) in [6.45, 7) is 3.52. The van der Waals surface area contributed by atoms with E-state index in [1.165, 1.54) is 0 Å². The molecule has 1 aliphatic heterocycles. The predicted octanol–water partition coefficient (Wildman–Crippen LogP) is 4.57. The van der Waals surface area contributed by atoms with Crippen LogP contribution in [0.4, 0.5) is 5.69 Å². The van der Waals surface area contributed by atoms with Gasteiger partial charge < -0.3 is 14.6 Å². The molecule has 3 aromatic carbocycles. The Morgan fingerprint density at radius 2 is 1.69 bits per heavy atom. The molecule has 0 amide bonds. The number of hydrogen-bond acceptors (Lipinski definition) is 4. The van der Waals surface area contributed by atoms with Gasteiger partial charge in [-0.05, 0) is 36.6 Å². The summed E-state index contributed by atoms with van der Waals surface area (Å²) in [5, 5.41) is 4.70. The van der Waals surface area contributed by atoms with Crippen molar-refractivity contribution in [3.05, 3.63) is 94.8 Å². The molecule has 1 aliphatic rings. The van der Waals surface area contributed by atoms with Crippen LogP contribution in [0.3, 0.4) is 0 Å². The van der Waals surface area contributed by atoms with Crippen molar-refractivity contribution in [2.24, 2.45) is 0 Å². The summed E-state index contributed by atoms with van der Waals surface area (Å²) in [5.74, 6) is 0.891. The molecular weight excluding hydrogens is 398 g/mol. The van der Waals surface area contributed by atoms with E-state index < -0.39 is 0 Å². The van der Waals surface area contributed by atoms with Crippen LogP contribution in [0.2, 0.25) is 0 Å². The highest BCUT2D eigenvalue weighted by Crippen LogP contribution is 2.36. The van der Waals surface area contributed by atoms with Gasteiger partial charge in [0.05, 0.1) is 13.8 Å². The van der Waals surface area contributed by atoms with E-state index in [-0.39, 0.29) is 11.1 Å². The van der Waals surface area contributed by atoms with Gasteiger partial charge in [-0.2, -0.15) is 0 Å². The number of anilines is 1. The molecule has 5 rings (SSSR count). The third-order valence-electron chi connectivity index (χ3n) is 6.28. The Labute approximate surface area is 187 Å². The zero-order valence-electron chi connectivity index (χ0n) is 18.4. The fourth-order valence-electron chi connectivity index (χ4n) is 4.80. The summed E-state index contributed by atoms with van der Waals surface area (Å²) in [6.07, 6.45) is 0.805. The molecule has 5 heteroatoms. The maximum Gasteiger partial charge on any atom is 0.272 e. The number of fused-ring (bicyclic) bond motifs is 1. The van der Waals surface area contributed by atoms with Gasteiger partial charge in [0.1, 0.15) is 11.4 Å². The van der Waals surface area contributed by atoms with Crippen molar-refractivity contribution in [1.29, 1.82) is 0 Å². The highest BCUT2D eigenvalue weighted by Gasteiger charge is 2.36. The number of H-pyrrole nitrogens is 1. The highest BCUT2D eigenvalue weighted by atomic mass is 16.5. The van der Waals surface area contributed by atoms with Crippen LogP contribution in [0.25, 0.3) is 22.0 Å². The Morgan fingerprint density at radius 1 is 0.969 bits per heavy atom. The molecule has 5 nitrogen and oxygen atoms in total. The number of methoxy groups -OCH3 is 1. The van der Waals surface area contributed by atoms with Gasteiger partial charge in [0.15, 0.2) is 0 Å². The van der Waals surface area contributed by atoms with E-state index in [0.717, 1.165) is 39.8 Å². The molecule has 4 aromatic rings. The van der Waals surface area contributed by atoms with Crippen LogP contribution in [0.1, 0.15) is 12.5 Å². The van der Waals surface area contributed by atoms with Gasteiger partial charge in [-0.3, -0.25) is 10.1 Å². The Bertz CT molecular complexity index is 1320. The van der Waals surface area contributed by atoms with E-state index in [9.17, 15) is 4.79 Å². The Kier molecular flexibility index (Phi) is 5.19. The van der Waals surface area contributed by atoms with Gasteiger partial charge in [-0.15, -0.1) is 0 Å². The number of benzene rings is 3. The summed E-state index contributed by atoms with van der Waals surface area (Å²) in [5.41, 5.74) is 4.49. The molecule has 162 valence electrons. The first kappa shape index (κ1) is 20.3. The molecule has 0 aliphatic carbocycles. The normalized spacial score (nSPS) is 18.2. The van der Waals surface area contributed by atoms with Crippen molar-refractivity contribution in [2.45, 2.75) is 18.9 Å². The van der Waals surface area contributed by atoms with E-state index in [0.29, 0.717) is 18.9 Å². The van der Waals surface area contributed by atoms with Gasteiger partial charge in [-0.1, -0.05) is 66.7 Å². The van der Waals surface area contributed by atoms with Gasteiger partial charge >= 0.3 is 0 Å². The molecular formula is C27H27N3O2. The number of nitrogens with zero attached hydrogens (tertiary/aromatic N) is 1. The summed E-state index contributed by atoms with van der Waals surface area (Å²) in [6, 6.07) is 26.3. The van der Waals surface area contributed by atoms with Crippen LogP contribution < -0.4 is 20.5 Å². The minimum Gasteiger partial charge on any atom is -0.496 e. The molecule has 2 N–H and O–H groups in total. The quantitative estimate of drug-likeness (QED) is 0.492. The van der Waals surface area contributed by atoms with E-state index in [1.807, 2.05) is 54.6 Å². The lowest BCUT2D eigenvalue weighted by Crippen LogP contribution is -2.41. The number of nitrogens with one attached hydrogen (secondary N) is 2. The number of ether oxygens (including phenoxy) is 1. The topological polar surface area (TPSA) is 57.4 Å². The molecule has 0 radical (unpaired) electrons. The summed E-state index contributed by atoms with van der Waals surface area (Å²) in [4.78, 5) is 18.6. The largest absolute Gasteiger partial charge is 0.496 e. The Morgan fingerprint density at radius 3 is 2.50 bits per heavy atom. The fraction of sp³-hybridized carbons (Fsp3) is 0.222. The first-order chi connectivity index (χ1) is 15.6. The number of rotatable bonds is 5. The predicted molar refractivity (Wildman–Crippen MR) is 130 cm³/mol. The summed E-state index contributed by atoms with van der Waals surface area (Å²) < 4.78 is 5.56. The fourth-order valence-corrected chi connectivity index (χ4v) is 4.80. The van der Waals surface area contributed by atoms with Gasteiger partial charge in [-0.25, -0.2) is 0 Å². The monoisotopic (exact) mass is 425 g/mol. The van der Waals surface area contributed by atoms with Gasteiger partial charge in [0.25, 0.3) is 5.56 Å². The maximum atomic E-state index is 13.3. The number of aromatic amines is 1. The molecule has 0 spiro atoms. The van der Waals surface area contributed by atoms with Crippen molar-refractivity contribution >= 4 is 16.6 Å². The second kappa shape index (κ2) is 8.17. The summed E-state index contributed by atoms with van der Waals surface area (Å²) in [7, 11) is 1.70. The number of aromatic nitrogens is 1. The van der Waals surface area contributed by atoms with Crippen LogP contribution in [0.5, 0.6) is 5.75 Å². The maximum absolute atomic E-state index is 13.3. The Hall–Kier alpha value is -3.57. The molecule has 1 unspecified atom stereocenters. The standard InChI is InChI=1S/C27H27N3O2/c1-27(16-20-12-6-9-15-23(20)32-2)17-30(18-28-27)25-24(19-10-4-3-5-11-19)21-13-7-8-14-22(21)29-26(25)31/h3-15,28H,16-18H2,1-2H3,(H,29,31). The number of pyridine rings is 1. The molecule has 0 saturated carbocycles. The van der Waals surface area contributed by atoms with E-state index in [2.05, 4.69) is 46.4 Å². The molecule has 1 aromatic heterocycles. The third-order valence-corrected chi connectivity index (χ3v) is 6.28. The van der Waals surface area contributed by atoms with Crippen molar-refractivity contribution < 1.29 is 4.74 Å². The third kappa shape index (κ3) is 3.65. The highest BCUT2D eigenvalue weighted by molar-refractivity contribution is 6.00. The second-order valence-electron chi connectivity index (χ2n) is 8.67. The van der Waals surface area contributed by atoms with Crippen molar-refractivity contribution in [3.8, 4) is 16.9 Å². The molecule has 2 heterocycles. The number of para-hydroxylation sites is 2. The lowest BCUT2D eigenvalue weighted by Gasteiger charge is -2.26. The van der Waals surface area contributed by atoms with Crippen LogP contribution in [-0.2, 0) is 6.42 Å². The second-order valence-corrected chi connectivity index (χ2v) is 8.67. The minimum atomic E-state index is -0.194. The van der Waals surface area contributed by atoms with Crippen LogP contribution in [0.15, 0.2) is 83.7 Å². The zero-order chi connectivity index (χ0) is 22.1. The SMILES string of the molecule is COc1ccccc1CC1(C)CN(c2c(-c3ccccc3)c3ccccc3[nH]c2=O)CN1. The number of hydrogen-bond donors (Lipinski definition) is 2. The van der Waals surface area contributed by atoms with Crippen LogP contribution in [0, 0.1) is 0 Å². The molecule has 1 atom stereocenters. The first-order valence-electron chi connectivity index (χ1n) is 10.9. The summed E-state index contributed by atoms with van der Waals surface area (Å²) >= 11 is 0. The van der Waals surface area contributed by atoms with Crippen LogP contribution >= 0.6 is 0 Å². The van der Waals surface area contributed by atoms with E-state index in [1.54, 1.807) is 7.11 Å². The van der Waals surface area contributed by atoms with E-state index in [4.69, 9.17) is 4.74 Å². The molecule has 0 bridgehead atoms. The average molecular weight is 426 g/mol. The van der Waals surface area contributed by atoms with Crippen molar-refractivity contribution in [3.63, 3.8) is 0 Å². The minimum absolute atomic E-state index is 0.0640. The average Bonchev–Trinajstić information content (AvgIpc) is 3.20.